The maximum atomic E-state index is 12.4. The minimum Gasteiger partial charge on any atom is -0.436 e. The number of amides is 2. The second-order valence-electron chi connectivity index (χ2n) is 7.60. The SMILES string of the molecule is O=C(Cc1ccc(N2CCCC2=O)cc1)Nc1ccc(-c2nc3ccccc3o2)cc1. The van der Waals surface area contributed by atoms with Crippen molar-refractivity contribution in [2.75, 3.05) is 16.8 Å². The van der Waals surface area contributed by atoms with E-state index in [9.17, 15) is 9.59 Å². The van der Waals surface area contributed by atoms with E-state index >= 15 is 0 Å². The molecule has 154 valence electrons. The maximum absolute atomic E-state index is 12.4. The highest BCUT2D eigenvalue weighted by Crippen LogP contribution is 2.25. The zero-order valence-electron chi connectivity index (χ0n) is 16.9. The molecule has 1 aliphatic rings. The van der Waals surface area contributed by atoms with Gasteiger partial charge in [-0.05, 0) is 60.5 Å². The summed E-state index contributed by atoms with van der Waals surface area (Å²) in [6.07, 6.45) is 1.77. The Bertz CT molecular complexity index is 1210. The largest absolute Gasteiger partial charge is 0.436 e. The summed E-state index contributed by atoms with van der Waals surface area (Å²) >= 11 is 0. The van der Waals surface area contributed by atoms with Crippen LogP contribution in [-0.4, -0.2) is 23.3 Å². The van der Waals surface area contributed by atoms with Crippen LogP contribution in [0.2, 0.25) is 0 Å². The Morgan fingerprint density at radius 2 is 1.77 bits per heavy atom. The van der Waals surface area contributed by atoms with E-state index in [1.54, 1.807) is 4.90 Å². The number of para-hydroxylation sites is 2. The number of benzene rings is 3. The smallest absolute Gasteiger partial charge is 0.228 e. The lowest BCUT2D eigenvalue weighted by Gasteiger charge is -2.15. The number of carbonyl (C=O) groups is 2. The number of hydrogen-bond donors (Lipinski definition) is 1. The van der Waals surface area contributed by atoms with E-state index in [2.05, 4.69) is 10.3 Å². The first-order valence-corrected chi connectivity index (χ1v) is 10.3. The van der Waals surface area contributed by atoms with Crippen molar-refractivity contribution in [3.05, 3.63) is 78.4 Å². The Hall–Kier alpha value is -3.93. The van der Waals surface area contributed by atoms with Gasteiger partial charge in [-0.15, -0.1) is 0 Å². The molecule has 1 fully saturated rings. The van der Waals surface area contributed by atoms with E-state index in [4.69, 9.17) is 4.42 Å². The molecule has 1 aromatic heterocycles. The minimum absolute atomic E-state index is 0.0976. The number of anilines is 2. The topological polar surface area (TPSA) is 75.4 Å². The van der Waals surface area contributed by atoms with E-state index in [0.717, 1.165) is 40.9 Å². The molecule has 6 nitrogen and oxygen atoms in total. The van der Waals surface area contributed by atoms with Crippen molar-refractivity contribution in [2.24, 2.45) is 0 Å². The van der Waals surface area contributed by atoms with Gasteiger partial charge in [-0.3, -0.25) is 9.59 Å². The summed E-state index contributed by atoms with van der Waals surface area (Å²) in [5.74, 6) is 0.613. The van der Waals surface area contributed by atoms with Crippen LogP contribution >= 0.6 is 0 Å². The monoisotopic (exact) mass is 411 g/mol. The molecule has 3 aromatic carbocycles. The van der Waals surface area contributed by atoms with E-state index in [1.807, 2.05) is 72.8 Å². The quantitative estimate of drug-likeness (QED) is 0.512. The molecule has 0 atom stereocenters. The standard InChI is InChI=1S/C25H21N3O3/c29-23(16-17-7-13-20(14-8-17)28-15-3-6-24(28)30)26-19-11-9-18(10-12-19)25-27-21-4-1-2-5-22(21)31-25/h1-2,4-5,7-14H,3,6,15-16H2,(H,26,29). The maximum Gasteiger partial charge on any atom is 0.228 e. The molecule has 5 rings (SSSR count). The Kier molecular flexibility index (Phi) is 4.96. The van der Waals surface area contributed by atoms with E-state index < -0.39 is 0 Å². The number of fused-ring (bicyclic) bond motifs is 1. The van der Waals surface area contributed by atoms with Gasteiger partial charge in [-0.1, -0.05) is 24.3 Å². The number of nitrogens with one attached hydrogen (secondary N) is 1. The highest BCUT2D eigenvalue weighted by atomic mass is 16.3. The normalized spacial score (nSPS) is 13.7. The first kappa shape index (κ1) is 19.1. The third-order valence-electron chi connectivity index (χ3n) is 5.40. The summed E-state index contributed by atoms with van der Waals surface area (Å²) in [7, 11) is 0. The molecular formula is C25H21N3O3. The van der Waals surface area contributed by atoms with E-state index in [0.29, 0.717) is 18.0 Å². The van der Waals surface area contributed by atoms with Gasteiger partial charge < -0.3 is 14.6 Å². The Morgan fingerprint density at radius 1 is 1.00 bits per heavy atom. The second kappa shape index (κ2) is 8.07. The van der Waals surface area contributed by atoms with Gasteiger partial charge in [-0.2, -0.15) is 0 Å². The zero-order valence-corrected chi connectivity index (χ0v) is 16.9. The van der Waals surface area contributed by atoms with Crippen molar-refractivity contribution in [3.63, 3.8) is 0 Å². The molecule has 0 bridgehead atoms. The summed E-state index contributed by atoms with van der Waals surface area (Å²) in [5.41, 5.74) is 4.91. The lowest BCUT2D eigenvalue weighted by molar-refractivity contribution is -0.117. The van der Waals surface area contributed by atoms with Crippen molar-refractivity contribution < 1.29 is 14.0 Å². The number of oxazole rings is 1. The van der Waals surface area contributed by atoms with Gasteiger partial charge in [-0.25, -0.2) is 4.98 Å². The minimum atomic E-state index is -0.0976. The summed E-state index contributed by atoms with van der Waals surface area (Å²) in [5, 5.41) is 2.92. The predicted molar refractivity (Wildman–Crippen MR) is 120 cm³/mol. The highest BCUT2D eigenvalue weighted by molar-refractivity contribution is 5.95. The molecule has 4 aromatic rings. The number of hydrogen-bond acceptors (Lipinski definition) is 4. The molecule has 1 aliphatic heterocycles. The van der Waals surface area contributed by atoms with Gasteiger partial charge in [0.1, 0.15) is 5.52 Å². The summed E-state index contributed by atoms with van der Waals surface area (Å²) in [6.45, 7) is 0.762. The van der Waals surface area contributed by atoms with Crippen LogP contribution in [0, 0.1) is 0 Å². The third-order valence-corrected chi connectivity index (χ3v) is 5.40. The average molecular weight is 411 g/mol. The summed E-state index contributed by atoms with van der Waals surface area (Å²) in [4.78, 5) is 30.6. The van der Waals surface area contributed by atoms with Gasteiger partial charge in [0.05, 0.1) is 6.42 Å². The van der Waals surface area contributed by atoms with Crippen molar-refractivity contribution in [1.29, 1.82) is 0 Å². The second-order valence-corrected chi connectivity index (χ2v) is 7.60. The van der Waals surface area contributed by atoms with Crippen LogP contribution in [-0.2, 0) is 16.0 Å². The van der Waals surface area contributed by atoms with Crippen LogP contribution in [0.15, 0.2) is 77.2 Å². The number of aromatic nitrogens is 1. The molecule has 6 heteroatoms. The fourth-order valence-corrected chi connectivity index (χ4v) is 3.80. The zero-order chi connectivity index (χ0) is 21.2. The lowest BCUT2D eigenvalue weighted by Crippen LogP contribution is -2.23. The Labute approximate surface area is 179 Å². The van der Waals surface area contributed by atoms with Gasteiger partial charge in [0.2, 0.25) is 17.7 Å². The van der Waals surface area contributed by atoms with Crippen LogP contribution in [0.5, 0.6) is 0 Å². The Balaban J connectivity index is 1.22. The van der Waals surface area contributed by atoms with Crippen molar-refractivity contribution in [1.82, 2.24) is 4.98 Å². The summed E-state index contributed by atoms with van der Waals surface area (Å²) in [6, 6.07) is 22.7. The van der Waals surface area contributed by atoms with Crippen LogP contribution in [0.1, 0.15) is 18.4 Å². The van der Waals surface area contributed by atoms with Crippen LogP contribution in [0.25, 0.3) is 22.6 Å². The van der Waals surface area contributed by atoms with Gasteiger partial charge in [0, 0.05) is 29.9 Å². The van der Waals surface area contributed by atoms with Crippen LogP contribution in [0.4, 0.5) is 11.4 Å². The predicted octanol–water partition coefficient (Wildman–Crippen LogP) is 4.80. The van der Waals surface area contributed by atoms with Crippen molar-refractivity contribution in [2.45, 2.75) is 19.3 Å². The number of rotatable bonds is 5. The van der Waals surface area contributed by atoms with Crippen molar-refractivity contribution in [3.8, 4) is 11.5 Å². The molecule has 1 saturated heterocycles. The van der Waals surface area contributed by atoms with E-state index in [1.165, 1.54) is 0 Å². The van der Waals surface area contributed by atoms with Crippen molar-refractivity contribution >= 4 is 34.3 Å². The highest BCUT2D eigenvalue weighted by Gasteiger charge is 2.21. The summed E-state index contributed by atoms with van der Waals surface area (Å²) < 4.78 is 5.78. The fraction of sp³-hybridized carbons (Fsp3) is 0.160. The Morgan fingerprint density at radius 3 is 2.48 bits per heavy atom. The van der Waals surface area contributed by atoms with E-state index in [-0.39, 0.29) is 18.2 Å². The molecule has 2 heterocycles. The third kappa shape index (κ3) is 4.05. The van der Waals surface area contributed by atoms with Crippen LogP contribution in [0.3, 0.4) is 0 Å². The molecule has 2 amide bonds. The molecular weight excluding hydrogens is 390 g/mol. The molecule has 0 spiro atoms. The number of nitrogens with zero attached hydrogens (tertiary/aromatic N) is 2. The first-order valence-electron chi connectivity index (χ1n) is 10.3. The van der Waals surface area contributed by atoms with Gasteiger partial charge in [0.15, 0.2) is 5.58 Å². The average Bonchev–Trinajstić information content (AvgIpc) is 3.41. The van der Waals surface area contributed by atoms with Crippen LogP contribution < -0.4 is 10.2 Å². The number of carbonyl (C=O) groups excluding carboxylic acids is 2. The van der Waals surface area contributed by atoms with Gasteiger partial charge >= 0.3 is 0 Å². The fourth-order valence-electron chi connectivity index (χ4n) is 3.80. The molecule has 31 heavy (non-hydrogen) atoms. The van der Waals surface area contributed by atoms with Gasteiger partial charge in [0.25, 0.3) is 0 Å². The molecule has 0 radical (unpaired) electrons. The molecule has 0 saturated carbocycles. The lowest BCUT2D eigenvalue weighted by atomic mass is 10.1. The molecule has 1 N–H and O–H groups in total. The molecule has 0 unspecified atom stereocenters. The first-order chi connectivity index (χ1) is 15.2. The molecule has 0 aliphatic carbocycles.